The van der Waals surface area contributed by atoms with Crippen molar-refractivity contribution in [3.63, 3.8) is 0 Å². The first-order valence-corrected chi connectivity index (χ1v) is 3.71. The number of nitrogens with zero attached hydrogens (tertiary/aromatic N) is 1. The topological polar surface area (TPSA) is 28.7 Å². The van der Waals surface area contributed by atoms with Crippen LogP contribution in [0.25, 0.3) is 11.0 Å². The maximum Gasteiger partial charge on any atom is 1.00 e. The number of aromatic nitrogens is 2. The van der Waals surface area contributed by atoms with Gasteiger partial charge in [0, 0.05) is 11.6 Å². The summed E-state index contributed by atoms with van der Waals surface area (Å²) in [6.07, 6.45) is 1.56. The first kappa shape index (κ1) is 12.3. The van der Waals surface area contributed by atoms with Crippen molar-refractivity contribution in [2.24, 2.45) is 0 Å². The Kier molecular flexibility index (Phi) is 3.82. The van der Waals surface area contributed by atoms with E-state index in [-0.39, 0.29) is 57.0 Å². The zero-order valence-electron chi connectivity index (χ0n) is 7.47. The summed E-state index contributed by atoms with van der Waals surface area (Å²) in [7, 11) is 0. The minimum absolute atomic E-state index is 0. The minimum Gasteiger partial charge on any atom is -0.444 e. The van der Waals surface area contributed by atoms with Crippen molar-refractivity contribution in [3.05, 3.63) is 24.4 Å². The molecule has 2 aromatic rings. The minimum atomic E-state index is -5.00. The molecule has 2 heterocycles. The van der Waals surface area contributed by atoms with Gasteiger partial charge in [-0.25, -0.2) is 0 Å². The number of hydrogen-bond donors (Lipinski definition) is 1. The van der Waals surface area contributed by atoms with Gasteiger partial charge in [0.15, 0.2) is 0 Å². The van der Waals surface area contributed by atoms with Gasteiger partial charge >= 0.3 is 58.4 Å². The summed E-state index contributed by atoms with van der Waals surface area (Å²) in [5.74, 6) is 0. The molecular weight excluding hydrogens is 219 g/mol. The van der Waals surface area contributed by atoms with Gasteiger partial charge in [-0.05, 0) is 11.7 Å². The first-order valence-electron chi connectivity index (χ1n) is 3.71. The molecule has 2 nitrogen and oxygen atoms in total. The molecule has 2 aromatic heterocycles. The Morgan fingerprint density at radius 2 is 1.86 bits per heavy atom. The molecule has 2 rings (SSSR count). The molecule has 0 spiro atoms. The standard InChI is InChI=1S/C7H5BF3N2.K/c9-8(10,11)6-2-1-5-3-4-12-7(5)13-6;/h1-4H,(H,12,13);/q-1;+1. The number of halogens is 3. The van der Waals surface area contributed by atoms with Gasteiger partial charge in [-0.2, -0.15) is 0 Å². The van der Waals surface area contributed by atoms with Gasteiger partial charge in [-0.1, -0.05) is 12.1 Å². The molecule has 0 aliphatic carbocycles. The van der Waals surface area contributed by atoms with E-state index in [1.54, 1.807) is 12.3 Å². The smallest absolute Gasteiger partial charge is 0.444 e. The Labute approximate surface area is 121 Å². The van der Waals surface area contributed by atoms with E-state index in [4.69, 9.17) is 0 Å². The second kappa shape index (κ2) is 4.36. The number of nitrogens with one attached hydrogen (secondary N) is 1. The molecule has 68 valence electrons. The van der Waals surface area contributed by atoms with Gasteiger partial charge in [0.1, 0.15) is 5.65 Å². The first-order chi connectivity index (χ1) is 6.07. The van der Waals surface area contributed by atoms with Crippen LogP contribution < -0.4 is 57.0 Å². The van der Waals surface area contributed by atoms with Crippen LogP contribution in [0.5, 0.6) is 0 Å². The summed E-state index contributed by atoms with van der Waals surface area (Å²) < 4.78 is 36.6. The fourth-order valence-electron chi connectivity index (χ4n) is 1.13. The molecule has 14 heavy (non-hydrogen) atoms. The van der Waals surface area contributed by atoms with Crippen molar-refractivity contribution in [2.45, 2.75) is 0 Å². The van der Waals surface area contributed by atoms with E-state index in [9.17, 15) is 12.9 Å². The zero-order chi connectivity index (χ0) is 9.47. The van der Waals surface area contributed by atoms with Crippen LogP contribution in [-0.2, 0) is 0 Å². The third-order valence-corrected chi connectivity index (χ3v) is 1.77. The predicted molar refractivity (Wildman–Crippen MR) is 44.8 cm³/mol. The molecule has 0 atom stereocenters. The molecule has 0 unspecified atom stereocenters. The monoisotopic (exact) mass is 224 g/mol. The molecule has 0 fully saturated rings. The van der Waals surface area contributed by atoms with Crippen LogP contribution in [0.2, 0.25) is 0 Å². The maximum atomic E-state index is 12.2. The molecule has 0 bridgehead atoms. The normalized spacial score (nSPS) is 11.4. The van der Waals surface area contributed by atoms with E-state index in [1.165, 1.54) is 6.07 Å². The molecule has 0 radical (unpaired) electrons. The Bertz CT molecular complexity index is 440. The summed E-state index contributed by atoms with van der Waals surface area (Å²) >= 11 is 0. The molecule has 0 aliphatic heterocycles. The number of H-pyrrole nitrogens is 1. The van der Waals surface area contributed by atoms with Gasteiger partial charge in [0.2, 0.25) is 0 Å². The summed E-state index contributed by atoms with van der Waals surface area (Å²) in [5.41, 5.74) is -0.536. The van der Waals surface area contributed by atoms with Gasteiger partial charge in [-0.15, -0.1) is 0 Å². The largest absolute Gasteiger partial charge is 1.00 e. The third-order valence-electron chi connectivity index (χ3n) is 1.77. The Morgan fingerprint density at radius 1 is 1.14 bits per heavy atom. The van der Waals surface area contributed by atoms with E-state index in [2.05, 4.69) is 9.97 Å². The van der Waals surface area contributed by atoms with Crippen LogP contribution in [0.1, 0.15) is 0 Å². The van der Waals surface area contributed by atoms with Crippen LogP contribution in [0.15, 0.2) is 24.4 Å². The van der Waals surface area contributed by atoms with E-state index in [0.29, 0.717) is 5.39 Å². The molecule has 0 amide bonds. The summed E-state index contributed by atoms with van der Waals surface area (Å²) in [4.78, 5) is 6.08. The number of rotatable bonds is 1. The molecule has 0 aromatic carbocycles. The predicted octanol–water partition coefficient (Wildman–Crippen LogP) is -1.38. The van der Waals surface area contributed by atoms with Crippen LogP contribution in [0.4, 0.5) is 12.9 Å². The van der Waals surface area contributed by atoms with E-state index >= 15 is 0 Å². The van der Waals surface area contributed by atoms with E-state index in [0.717, 1.165) is 6.07 Å². The van der Waals surface area contributed by atoms with Gasteiger partial charge in [-0.3, -0.25) is 4.98 Å². The second-order valence-corrected chi connectivity index (χ2v) is 2.73. The number of hydrogen-bond acceptors (Lipinski definition) is 1. The zero-order valence-corrected chi connectivity index (χ0v) is 10.6. The van der Waals surface area contributed by atoms with Crippen molar-refractivity contribution >= 4 is 23.6 Å². The van der Waals surface area contributed by atoms with Gasteiger partial charge in [0.05, 0.1) is 0 Å². The van der Waals surface area contributed by atoms with Crippen LogP contribution in [-0.4, -0.2) is 16.9 Å². The Morgan fingerprint density at radius 3 is 2.50 bits per heavy atom. The fraction of sp³-hybridized carbons (Fsp3) is 0. The Hall–Kier alpha value is 0.181. The second-order valence-electron chi connectivity index (χ2n) is 2.73. The van der Waals surface area contributed by atoms with E-state index in [1.807, 2.05) is 0 Å². The SMILES string of the molecule is F[B-](F)(F)c1ccc2cc[nH]c2n1.[K+]. The number of fused-ring (bicyclic) bond motifs is 1. The van der Waals surface area contributed by atoms with Crippen molar-refractivity contribution in [2.75, 3.05) is 0 Å². The van der Waals surface area contributed by atoms with Crippen LogP contribution >= 0.6 is 0 Å². The summed E-state index contributed by atoms with van der Waals surface area (Å²) in [6, 6.07) is 4.08. The average Bonchev–Trinajstić information content (AvgIpc) is 2.47. The fourth-order valence-corrected chi connectivity index (χ4v) is 1.13. The van der Waals surface area contributed by atoms with Crippen molar-refractivity contribution < 1.29 is 64.3 Å². The quantitative estimate of drug-likeness (QED) is 0.594. The molecule has 0 aliphatic rings. The molecule has 1 N–H and O–H groups in total. The van der Waals surface area contributed by atoms with Crippen LogP contribution in [0, 0.1) is 0 Å². The van der Waals surface area contributed by atoms with Crippen LogP contribution in [0.3, 0.4) is 0 Å². The van der Waals surface area contributed by atoms with Gasteiger partial charge < -0.3 is 17.9 Å². The number of aromatic amines is 1. The summed E-state index contributed by atoms with van der Waals surface area (Å²) in [6.45, 7) is -5.00. The van der Waals surface area contributed by atoms with Crippen molar-refractivity contribution in [1.82, 2.24) is 9.97 Å². The average molecular weight is 224 g/mol. The van der Waals surface area contributed by atoms with Crippen molar-refractivity contribution in [3.8, 4) is 0 Å². The maximum absolute atomic E-state index is 12.2. The molecule has 0 saturated carbocycles. The molecule has 0 saturated heterocycles. The molecule has 7 heteroatoms. The third kappa shape index (κ3) is 2.40. The van der Waals surface area contributed by atoms with E-state index < -0.39 is 12.6 Å². The molecular formula is C7H5BF3KN2. The number of pyridine rings is 1. The van der Waals surface area contributed by atoms with Gasteiger partial charge in [0.25, 0.3) is 0 Å². The van der Waals surface area contributed by atoms with Crippen molar-refractivity contribution in [1.29, 1.82) is 0 Å². The Balaban J connectivity index is 0.000000980. The summed E-state index contributed by atoms with van der Waals surface area (Å²) in [5, 5.41) is 0.684.